The zero-order chi connectivity index (χ0) is 12.1. The zero-order valence-corrected chi connectivity index (χ0v) is 10.1. The molecular formula is C10H19N5O. The molecule has 1 unspecified atom stereocenters. The molecule has 0 aliphatic heterocycles. The van der Waals surface area contributed by atoms with Gasteiger partial charge < -0.3 is 10.6 Å². The average molecular weight is 225 g/mol. The van der Waals surface area contributed by atoms with Crippen LogP contribution in [0.5, 0.6) is 0 Å². The number of rotatable bonds is 5. The second kappa shape index (κ2) is 5.60. The molecule has 1 rings (SSSR count). The molecule has 0 aromatic carbocycles. The summed E-state index contributed by atoms with van der Waals surface area (Å²) in [4.78, 5) is 13.5. The smallest absolute Gasteiger partial charge is 0.244 e. The van der Waals surface area contributed by atoms with Crippen molar-refractivity contribution in [2.75, 3.05) is 13.1 Å². The van der Waals surface area contributed by atoms with Gasteiger partial charge in [-0.2, -0.15) is 0 Å². The van der Waals surface area contributed by atoms with Crippen LogP contribution < -0.4 is 5.73 Å². The van der Waals surface area contributed by atoms with Gasteiger partial charge in [0.25, 0.3) is 0 Å². The highest BCUT2D eigenvalue weighted by molar-refractivity contribution is 5.75. The highest BCUT2D eigenvalue weighted by Gasteiger charge is 2.12. The Kier molecular flexibility index (Phi) is 4.42. The molecule has 1 atom stereocenters. The van der Waals surface area contributed by atoms with Crippen LogP contribution in [0.15, 0.2) is 6.20 Å². The first kappa shape index (κ1) is 12.6. The van der Waals surface area contributed by atoms with E-state index in [0.717, 1.165) is 0 Å². The third-order valence-electron chi connectivity index (χ3n) is 2.44. The van der Waals surface area contributed by atoms with Gasteiger partial charge in [-0.1, -0.05) is 5.21 Å². The fraction of sp³-hybridized carbons (Fsp3) is 0.700. The van der Waals surface area contributed by atoms with E-state index in [1.807, 2.05) is 20.8 Å². The van der Waals surface area contributed by atoms with Gasteiger partial charge in [0.05, 0.1) is 11.9 Å². The highest BCUT2D eigenvalue weighted by Crippen LogP contribution is 2.03. The van der Waals surface area contributed by atoms with Crippen molar-refractivity contribution in [2.24, 2.45) is 5.73 Å². The lowest BCUT2D eigenvalue weighted by Crippen LogP contribution is -2.33. The van der Waals surface area contributed by atoms with E-state index in [2.05, 4.69) is 10.3 Å². The van der Waals surface area contributed by atoms with Crippen molar-refractivity contribution in [3.05, 3.63) is 11.9 Å². The minimum Gasteiger partial charge on any atom is -0.342 e. The van der Waals surface area contributed by atoms with Gasteiger partial charge in [0.15, 0.2) is 0 Å². The number of hydrogen-bond donors (Lipinski definition) is 1. The molecular weight excluding hydrogens is 206 g/mol. The standard InChI is InChI=1S/C10H19N5O/c1-4-14(5-2)10(16)7-15-6-9(8(3)11)12-13-15/h6,8H,4-5,7,11H2,1-3H3. The van der Waals surface area contributed by atoms with Crippen LogP contribution in [0, 0.1) is 0 Å². The number of nitrogens with zero attached hydrogens (tertiary/aromatic N) is 4. The van der Waals surface area contributed by atoms with E-state index in [-0.39, 0.29) is 18.5 Å². The molecule has 16 heavy (non-hydrogen) atoms. The topological polar surface area (TPSA) is 77.0 Å². The lowest BCUT2D eigenvalue weighted by molar-refractivity contribution is -0.131. The summed E-state index contributed by atoms with van der Waals surface area (Å²) in [5.74, 6) is 0.0473. The van der Waals surface area contributed by atoms with E-state index in [4.69, 9.17) is 5.73 Å². The van der Waals surface area contributed by atoms with Crippen molar-refractivity contribution in [1.29, 1.82) is 0 Å². The summed E-state index contributed by atoms with van der Waals surface area (Å²) < 4.78 is 1.53. The molecule has 1 aromatic rings. The van der Waals surface area contributed by atoms with Crippen molar-refractivity contribution >= 4 is 5.91 Å². The van der Waals surface area contributed by atoms with Crippen molar-refractivity contribution in [2.45, 2.75) is 33.4 Å². The molecule has 6 heteroatoms. The number of aromatic nitrogens is 3. The molecule has 0 fully saturated rings. The van der Waals surface area contributed by atoms with E-state index < -0.39 is 0 Å². The average Bonchev–Trinajstić information content (AvgIpc) is 2.68. The number of nitrogens with two attached hydrogens (primary N) is 1. The minimum absolute atomic E-state index is 0.0473. The summed E-state index contributed by atoms with van der Waals surface area (Å²) in [5, 5.41) is 7.76. The van der Waals surface area contributed by atoms with Crippen LogP contribution in [0.25, 0.3) is 0 Å². The predicted molar refractivity (Wildman–Crippen MR) is 60.6 cm³/mol. The zero-order valence-electron chi connectivity index (χ0n) is 10.1. The van der Waals surface area contributed by atoms with Crippen LogP contribution in [0.4, 0.5) is 0 Å². The van der Waals surface area contributed by atoms with Crippen LogP contribution in [0.2, 0.25) is 0 Å². The van der Waals surface area contributed by atoms with Crippen LogP contribution in [-0.2, 0) is 11.3 Å². The van der Waals surface area contributed by atoms with Gasteiger partial charge >= 0.3 is 0 Å². The summed E-state index contributed by atoms with van der Waals surface area (Å²) in [5.41, 5.74) is 6.36. The van der Waals surface area contributed by atoms with Gasteiger partial charge in [0.2, 0.25) is 5.91 Å². The molecule has 0 saturated carbocycles. The Morgan fingerprint density at radius 3 is 2.62 bits per heavy atom. The second-order valence-corrected chi connectivity index (χ2v) is 3.70. The molecule has 2 N–H and O–H groups in total. The maximum atomic E-state index is 11.8. The molecule has 1 heterocycles. The summed E-state index contributed by atoms with van der Waals surface area (Å²) >= 11 is 0. The van der Waals surface area contributed by atoms with Crippen molar-refractivity contribution < 1.29 is 4.79 Å². The van der Waals surface area contributed by atoms with E-state index in [1.54, 1.807) is 11.1 Å². The number of amides is 1. The lowest BCUT2D eigenvalue weighted by Gasteiger charge is -2.17. The van der Waals surface area contributed by atoms with Crippen LogP contribution >= 0.6 is 0 Å². The Morgan fingerprint density at radius 2 is 2.19 bits per heavy atom. The van der Waals surface area contributed by atoms with Crippen molar-refractivity contribution in [3.8, 4) is 0 Å². The van der Waals surface area contributed by atoms with E-state index in [1.165, 1.54) is 4.68 Å². The van der Waals surface area contributed by atoms with E-state index in [0.29, 0.717) is 18.8 Å². The van der Waals surface area contributed by atoms with Crippen molar-refractivity contribution in [1.82, 2.24) is 19.9 Å². The van der Waals surface area contributed by atoms with Gasteiger partial charge in [-0.3, -0.25) is 4.79 Å². The fourth-order valence-electron chi connectivity index (χ4n) is 1.41. The first-order valence-corrected chi connectivity index (χ1v) is 5.51. The molecule has 0 radical (unpaired) electrons. The Bertz CT molecular complexity index is 343. The van der Waals surface area contributed by atoms with Gasteiger partial charge in [-0.25, -0.2) is 4.68 Å². The number of hydrogen-bond acceptors (Lipinski definition) is 4. The minimum atomic E-state index is -0.155. The molecule has 6 nitrogen and oxygen atoms in total. The number of carbonyl (C=O) groups excluding carboxylic acids is 1. The van der Waals surface area contributed by atoms with Crippen LogP contribution in [-0.4, -0.2) is 38.9 Å². The summed E-state index contributed by atoms with van der Waals surface area (Å²) in [6, 6.07) is -0.155. The van der Waals surface area contributed by atoms with Gasteiger partial charge in [0, 0.05) is 19.1 Å². The maximum absolute atomic E-state index is 11.8. The molecule has 0 aliphatic rings. The third kappa shape index (κ3) is 3.03. The van der Waals surface area contributed by atoms with Crippen molar-refractivity contribution in [3.63, 3.8) is 0 Å². The van der Waals surface area contributed by atoms with E-state index >= 15 is 0 Å². The quantitative estimate of drug-likeness (QED) is 0.774. The normalized spacial score (nSPS) is 12.5. The monoisotopic (exact) mass is 225 g/mol. The third-order valence-corrected chi connectivity index (χ3v) is 2.44. The summed E-state index contributed by atoms with van der Waals surface area (Å²) in [7, 11) is 0. The SMILES string of the molecule is CCN(CC)C(=O)Cn1cc(C(C)N)nn1. The second-order valence-electron chi connectivity index (χ2n) is 3.70. The number of carbonyl (C=O) groups is 1. The summed E-state index contributed by atoms with van der Waals surface area (Å²) in [6.45, 7) is 7.39. The molecule has 1 amide bonds. The fourth-order valence-corrected chi connectivity index (χ4v) is 1.41. The first-order chi connectivity index (χ1) is 7.58. The van der Waals surface area contributed by atoms with Gasteiger partial charge in [0.1, 0.15) is 6.54 Å². The Balaban J connectivity index is 2.62. The Labute approximate surface area is 95.4 Å². The maximum Gasteiger partial charge on any atom is 0.244 e. The largest absolute Gasteiger partial charge is 0.342 e. The van der Waals surface area contributed by atoms with Crippen LogP contribution in [0.1, 0.15) is 32.5 Å². The molecule has 0 saturated heterocycles. The van der Waals surface area contributed by atoms with Gasteiger partial charge in [-0.15, -0.1) is 5.10 Å². The molecule has 90 valence electrons. The molecule has 0 aliphatic carbocycles. The van der Waals surface area contributed by atoms with E-state index in [9.17, 15) is 4.79 Å². The van der Waals surface area contributed by atoms with Gasteiger partial charge in [-0.05, 0) is 20.8 Å². The molecule has 0 spiro atoms. The molecule has 0 bridgehead atoms. The Morgan fingerprint density at radius 1 is 1.56 bits per heavy atom. The Hall–Kier alpha value is -1.43. The number of likely N-dealkylation sites (N-methyl/N-ethyl adjacent to an activating group) is 1. The predicted octanol–water partition coefficient (Wildman–Crippen LogP) is 0.166. The highest BCUT2D eigenvalue weighted by atomic mass is 16.2. The van der Waals surface area contributed by atoms with Crippen LogP contribution in [0.3, 0.4) is 0 Å². The first-order valence-electron chi connectivity index (χ1n) is 5.51. The lowest BCUT2D eigenvalue weighted by atomic mass is 10.3. The molecule has 1 aromatic heterocycles. The summed E-state index contributed by atoms with van der Waals surface area (Å²) in [6.07, 6.45) is 1.71.